The van der Waals surface area contributed by atoms with E-state index in [1.54, 1.807) is 7.05 Å². The number of nitrogens with one attached hydrogen (secondary N) is 1. The zero-order chi connectivity index (χ0) is 24.7. The third-order valence-corrected chi connectivity index (χ3v) is 6.68. The lowest BCUT2D eigenvalue weighted by molar-refractivity contribution is -0.141. The highest BCUT2D eigenvalue weighted by atomic mass is 16.5. The number of nitrogens with zero attached hydrogens (tertiary/aromatic N) is 3. The number of carboxylic acids is 1. The molecule has 0 aliphatic heterocycles. The molecule has 1 atom stereocenters. The van der Waals surface area contributed by atoms with Gasteiger partial charge in [-0.2, -0.15) is 5.10 Å². The molecule has 0 saturated heterocycles. The molecule has 1 saturated carbocycles. The summed E-state index contributed by atoms with van der Waals surface area (Å²) < 4.78 is 6.96. The maximum absolute atomic E-state index is 13.2. The second-order valence-electron chi connectivity index (χ2n) is 8.94. The Morgan fingerprint density at radius 1 is 1.11 bits per heavy atom. The predicted molar refractivity (Wildman–Crippen MR) is 128 cm³/mol. The number of hydrogen-bond acceptors (Lipinski definition) is 5. The number of carbonyl (C=O) groups excluding carboxylic acids is 2. The van der Waals surface area contributed by atoms with Gasteiger partial charge in [-0.15, -0.1) is 0 Å². The first-order chi connectivity index (χ1) is 16.9. The van der Waals surface area contributed by atoms with E-state index >= 15 is 0 Å². The summed E-state index contributed by atoms with van der Waals surface area (Å²) in [5.41, 5.74) is 4.58. The summed E-state index contributed by atoms with van der Waals surface area (Å²) in [7, 11) is 1.60. The van der Waals surface area contributed by atoms with Gasteiger partial charge in [0.15, 0.2) is 0 Å². The molecule has 0 bridgehead atoms. The Kier molecular flexibility index (Phi) is 5.76. The number of aryl methyl sites for hydroxylation is 1. The molecule has 2 aliphatic rings. The number of anilines is 1. The molecule has 1 aromatic heterocycles. The van der Waals surface area contributed by atoms with Crippen molar-refractivity contribution in [2.45, 2.75) is 37.8 Å². The molecule has 0 radical (unpaired) electrons. The van der Waals surface area contributed by atoms with Crippen LogP contribution in [0.2, 0.25) is 0 Å². The minimum absolute atomic E-state index is 0.0948. The molecule has 9 heteroatoms. The lowest BCUT2D eigenvalue weighted by Crippen LogP contribution is -2.44. The molecule has 2 aromatic carbocycles. The van der Waals surface area contributed by atoms with Crippen LogP contribution in [0.4, 0.5) is 10.6 Å². The van der Waals surface area contributed by atoms with Crippen molar-refractivity contribution < 1.29 is 24.2 Å². The van der Waals surface area contributed by atoms with Gasteiger partial charge in [0.1, 0.15) is 24.0 Å². The van der Waals surface area contributed by atoms with Crippen molar-refractivity contribution in [2.75, 3.05) is 11.9 Å². The molecule has 1 fully saturated rings. The SMILES string of the molecule is CC(C(=O)O)N(C(=O)c1cnn(C)c1NC(=O)OCC1c2ccccc2-c2ccccc21)C1CC1. The number of benzene rings is 2. The minimum atomic E-state index is -1.08. The topological polar surface area (TPSA) is 114 Å². The predicted octanol–water partition coefficient (Wildman–Crippen LogP) is 3.86. The van der Waals surface area contributed by atoms with Crippen LogP contribution in [0.25, 0.3) is 11.1 Å². The lowest BCUT2D eigenvalue weighted by Gasteiger charge is -2.26. The van der Waals surface area contributed by atoms with Crippen LogP contribution in [-0.2, 0) is 16.6 Å². The molecule has 2 amide bonds. The zero-order valence-corrected chi connectivity index (χ0v) is 19.5. The maximum atomic E-state index is 13.2. The van der Waals surface area contributed by atoms with E-state index in [9.17, 15) is 19.5 Å². The number of aromatic nitrogens is 2. The molecular formula is C26H26N4O5. The first-order valence-corrected chi connectivity index (χ1v) is 11.6. The maximum Gasteiger partial charge on any atom is 0.412 e. The summed E-state index contributed by atoms with van der Waals surface area (Å²) in [5, 5.41) is 16.2. The first-order valence-electron chi connectivity index (χ1n) is 11.6. The number of amides is 2. The molecule has 35 heavy (non-hydrogen) atoms. The number of rotatable bonds is 7. The molecule has 180 valence electrons. The molecule has 2 N–H and O–H groups in total. The summed E-state index contributed by atoms with van der Waals surface area (Å²) in [5.74, 6) is -1.50. The van der Waals surface area contributed by atoms with E-state index in [0.717, 1.165) is 35.1 Å². The fourth-order valence-electron chi connectivity index (χ4n) is 4.74. The molecule has 9 nitrogen and oxygen atoms in total. The average Bonchev–Trinajstić information content (AvgIpc) is 3.55. The standard InChI is InChI=1S/C26H26N4O5/c1-15(25(32)33)30(16-11-12-16)24(31)21-13-27-29(2)23(21)28-26(34)35-14-22-19-9-5-3-7-17(19)18-8-4-6-10-20(18)22/h3-10,13,15-16,22H,11-12,14H2,1-2H3,(H,28,34)(H,32,33). The van der Waals surface area contributed by atoms with Crippen LogP contribution in [0.3, 0.4) is 0 Å². The highest BCUT2D eigenvalue weighted by Crippen LogP contribution is 2.44. The van der Waals surface area contributed by atoms with E-state index in [0.29, 0.717) is 0 Å². The van der Waals surface area contributed by atoms with Crippen LogP contribution < -0.4 is 5.32 Å². The fraction of sp³-hybridized carbons (Fsp3) is 0.308. The summed E-state index contributed by atoms with van der Waals surface area (Å²) in [6, 6.07) is 15.0. The van der Waals surface area contributed by atoms with Gasteiger partial charge >= 0.3 is 12.1 Å². The van der Waals surface area contributed by atoms with Crippen LogP contribution in [-0.4, -0.2) is 56.4 Å². The molecular weight excluding hydrogens is 448 g/mol. The molecule has 1 unspecified atom stereocenters. The molecule has 5 rings (SSSR count). The summed E-state index contributed by atoms with van der Waals surface area (Å²) >= 11 is 0. The first kappa shape index (κ1) is 22.6. The third-order valence-electron chi connectivity index (χ3n) is 6.68. The van der Waals surface area contributed by atoms with Crippen molar-refractivity contribution in [1.82, 2.24) is 14.7 Å². The van der Waals surface area contributed by atoms with Crippen LogP contribution in [0.5, 0.6) is 0 Å². The number of aliphatic carboxylic acids is 1. The van der Waals surface area contributed by atoms with Gasteiger partial charge in [-0.25, -0.2) is 9.59 Å². The van der Waals surface area contributed by atoms with Crippen molar-refractivity contribution in [3.05, 3.63) is 71.4 Å². The normalized spacial score (nSPS) is 15.1. The second-order valence-corrected chi connectivity index (χ2v) is 8.94. The van der Waals surface area contributed by atoms with E-state index in [-0.39, 0.29) is 29.9 Å². The lowest BCUT2D eigenvalue weighted by atomic mass is 9.98. The van der Waals surface area contributed by atoms with Crippen LogP contribution in [0.1, 0.15) is 47.2 Å². The van der Waals surface area contributed by atoms with E-state index in [2.05, 4.69) is 22.5 Å². The average molecular weight is 475 g/mol. The van der Waals surface area contributed by atoms with E-state index in [4.69, 9.17) is 4.74 Å². The monoisotopic (exact) mass is 474 g/mol. The van der Waals surface area contributed by atoms with Gasteiger partial charge in [0.25, 0.3) is 5.91 Å². The minimum Gasteiger partial charge on any atom is -0.480 e. The van der Waals surface area contributed by atoms with Gasteiger partial charge < -0.3 is 14.7 Å². The summed E-state index contributed by atoms with van der Waals surface area (Å²) in [6.45, 7) is 1.61. The van der Waals surface area contributed by atoms with Crippen LogP contribution in [0.15, 0.2) is 54.7 Å². The Hall–Kier alpha value is -4.14. The molecule has 1 heterocycles. The van der Waals surface area contributed by atoms with Gasteiger partial charge in [0.05, 0.1) is 6.20 Å². The van der Waals surface area contributed by atoms with Crippen molar-refractivity contribution in [1.29, 1.82) is 0 Å². The fourth-order valence-corrected chi connectivity index (χ4v) is 4.74. The van der Waals surface area contributed by atoms with Gasteiger partial charge in [-0.1, -0.05) is 48.5 Å². The number of fused-ring (bicyclic) bond motifs is 3. The highest BCUT2D eigenvalue weighted by molar-refractivity contribution is 6.03. The van der Waals surface area contributed by atoms with Crippen molar-refractivity contribution in [3.8, 4) is 11.1 Å². The Balaban J connectivity index is 1.32. The van der Waals surface area contributed by atoms with Gasteiger partial charge in [-0.3, -0.25) is 14.8 Å². The molecule has 0 spiro atoms. The van der Waals surface area contributed by atoms with Crippen molar-refractivity contribution in [2.24, 2.45) is 7.05 Å². The van der Waals surface area contributed by atoms with E-state index in [1.165, 1.54) is 22.7 Å². The summed E-state index contributed by atoms with van der Waals surface area (Å²) in [4.78, 5) is 38.9. The number of hydrogen-bond donors (Lipinski definition) is 2. The largest absolute Gasteiger partial charge is 0.480 e. The zero-order valence-electron chi connectivity index (χ0n) is 19.5. The van der Waals surface area contributed by atoms with E-state index < -0.39 is 24.0 Å². The van der Waals surface area contributed by atoms with Crippen molar-refractivity contribution >= 4 is 23.8 Å². The van der Waals surface area contributed by atoms with Gasteiger partial charge in [0, 0.05) is 19.0 Å². The van der Waals surface area contributed by atoms with Gasteiger partial charge in [-0.05, 0) is 42.0 Å². The number of ether oxygens (including phenoxy) is 1. The van der Waals surface area contributed by atoms with Crippen molar-refractivity contribution in [3.63, 3.8) is 0 Å². The van der Waals surface area contributed by atoms with E-state index in [1.807, 2.05) is 36.4 Å². The Bertz CT molecular complexity index is 1270. The molecule has 3 aromatic rings. The van der Waals surface area contributed by atoms with Crippen LogP contribution >= 0.6 is 0 Å². The Labute approximate surface area is 202 Å². The molecule has 2 aliphatic carbocycles. The van der Waals surface area contributed by atoms with Gasteiger partial charge in [0.2, 0.25) is 0 Å². The van der Waals surface area contributed by atoms with Crippen LogP contribution in [0, 0.1) is 0 Å². The number of carbonyl (C=O) groups is 3. The Morgan fingerprint density at radius 2 is 1.71 bits per heavy atom. The highest BCUT2D eigenvalue weighted by Gasteiger charge is 2.40. The smallest absolute Gasteiger partial charge is 0.412 e. The number of carboxylic acid groups (broad SMARTS) is 1. The Morgan fingerprint density at radius 3 is 2.29 bits per heavy atom. The second kappa shape index (κ2) is 8.90. The summed E-state index contributed by atoms with van der Waals surface area (Å²) in [6.07, 6.45) is 2.12. The third kappa shape index (κ3) is 4.14. The quantitative estimate of drug-likeness (QED) is 0.538.